The summed E-state index contributed by atoms with van der Waals surface area (Å²) >= 11 is 6.11. The molecular weight excluding hydrogens is 436 g/mol. The van der Waals surface area contributed by atoms with Crippen LogP contribution < -0.4 is 15.7 Å². The van der Waals surface area contributed by atoms with Gasteiger partial charge in [-0.2, -0.15) is 0 Å². The molecule has 1 fully saturated rings. The Labute approximate surface area is 186 Å². The van der Waals surface area contributed by atoms with E-state index in [-0.39, 0.29) is 10.6 Å². The molecular formula is C23H25ClN2O4S. The van der Waals surface area contributed by atoms with Gasteiger partial charge in [0.1, 0.15) is 5.58 Å². The Morgan fingerprint density at radius 2 is 1.77 bits per heavy atom. The van der Waals surface area contributed by atoms with Crippen molar-refractivity contribution >= 4 is 44.0 Å². The van der Waals surface area contributed by atoms with Crippen molar-refractivity contribution < 1.29 is 12.8 Å². The molecule has 0 aliphatic heterocycles. The molecule has 0 atom stereocenters. The number of anilines is 2. The van der Waals surface area contributed by atoms with Crippen molar-refractivity contribution in [1.82, 2.24) is 0 Å². The number of para-hydroxylation sites is 1. The SMILES string of the molecule is Cc1c(Cl)cccc1S(=O)(=O)Nc1c(NCC2CCCCC2)c2ccccc2oc1=O. The van der Waals surface area contributed by atoms with E-state index in [4.69, 9.17) is 16.0 Å². The third-order valence-electron chi connectivity index (χ3n) is 5.85. The van der Waals surface area contributed by atoms with Crippen LogP contribution in [0.15, 0.2) is 56.6 Å². The van der Waals surface area contributed by atoms with Crippen LogP contribution in [0.4, 0.5) is 11.4 Å². The molecule has 3 aromatic rings. The van der Waals surface area contributed by atoms with Crippen molar-refractivity contribution in [2.45, 2.75) is 43.9 Å². The molecule has 31 heavy (non-hydrogen) atoms. The van der Waals surface area contributed by atoms with Crippen LogP contribution in [0.2, 0.25) is 5.02 Å². The van der Waals surface area contributed by atoms with Gasteiger partial charge in [-0.05, 0) is 55.5 Å². The molecule has 2 aromatic carbocycles. The topological polar surface area (TPSA) is 88.4 Å². The molecule has 0 spiro atoms. The van der Waals surface area contributed by atoms with Crippen molar-refractivity contribution in [3.05, 3.63) is 63.5 Å². The number of halogens is 1. The Kier molecular flexibility index (Phi) is 6.25. The first-order chi connectivity index (χ1) is 14.9. The predicted molar refractivity (Wildman–Crippen MR) is 125 cm³/mol. The zero-order chi connectivity index (χ0) is 22.0. The molecule has 4 rings (SSSR count). The van der Waals surface area contributed by atoms with Crippen molar-refractivity contribution in [3.8, 4) is 0 Å². The molecule has 2 N–H and O–H groups in total. The van der Waals surface area contributed by atoms with Gasteiger partial charge in [0.15, 0.2) is 5.69 Å². The van der Waals surface area contributed by atoms with Crippen molar-refractivity contribution in [3.63, 3.8) is 0 Å². The number of benzene rings is 2. The summed E-state index contributed by atoms with van der Waals surface area (Å²) in [6, 6.07) is 11.8. The summed E-state index contributed by atoms with van der Waals surface area (Å²) in [6.45, 7) is 2.29. The van der Waals surface area contributed by atoms with Crippen LogP contribution in [0.1, 0.15) is 37.7 Å². The maximum Gasteiger partial charge on any atom is 0.363 e. The van der Waals surface area contributed by atoms with E-state index in [1.54, 1.807) is 31.2 Å². The van der Waals surface area contributed by atoms with Crippen LogP contribution in [0.25, 0.3) is 11.0 Å². The highest BCUT2D eigenvalue weighted by atomic mass is 35.5. The number of rotatable bonds is 6. The van der Waals surface area contributed by atoms with Crippen LogP contribution in [0.3, 0.4) is 0 Å². The molecule has 1 aromatic heterocycles. The van der Waals surface area contributed by atoms with E-state index in [0.29, 0.717) is 39.7 Å². The molecule has 8 heteroatoms. The lowest BCUT2D eigenvalue weighted by Gasteiger charge is -2.23. The molecule has 0 bridgehead atoms. The molecule has 0 radical (unpaired) electrons. The molecule has 6 nitrogen and oxygen atoms in total. The van der Waals surface area contributed by atoms with Crippen molar-refractivity contribution in [1.29, 1.82) is 0 Å². The third-order valence-corrected chi connectivity index (χ3v) is 7.75. The Bertz CT molecular complexity index is 1260. The minimum atomic E-state index is -4.06. The average molecular weight is 461 g/mol. The Balaban J connectivity index is 1.76. The van der Waals surface area contributed by atoms with E-state index in [2.05, 4.69) is 10.0 Å². The fourth-order valence-corrected chi connectivity index (χ4v) is 5.70. The summed E-state index contributed by atoms with van der Waals surface area (Å²) in [5.74, 6) is 0.486. The van der Waals surface area contributed by atoms with Crippen LogP contribution in [-0.4, -0.2) is 15.0 Å². The number of hydrogen-bond acceptors (Lipinski definition) is 5. The highest BCUT2D eigenvalue weighted by molar-refractivity contribution is 7.92. The summed E-state index contributed by atoms with van der Waals surface area (Å²) in [7, 11) is -4.06. The second kappa shape index (κ2) is 8.93. The minimum Gasteiger partial charge on any atom is -0.421 e. The second-order valence-corrected chi connectivity index (χ2v) is 10.0. The highest BCUT2D eigenvalue weighted by Gasteiger charge is 2.24. The van der Waals surface area contributed by atoms with E-state index in [1.807, 2.05) is 12.1 Å². The van der Waals surface area contributed by atoms with Gasteiger partial charge >= 0.3 is 5.63 Å². The molecule has 0 unspecified atom stereocenters. The van der Waals surface area contributed by atoms with E-state index < -0.39 is 15.6 Å². The lowest BCUT2D eigenvalue weighted by atomic mass is 9.89. The monoisotopic (exact) mass is 460 g/mol. The number of nitrogens with one attached hydrogen (secondary N) is 2. The zero-order valence-corrected chi connectivity index (χ0v) is 18.9. The van der Waals surface area contributed by atoms with Gasteiger partial charge in [-0.1, -0.05) is 49.1 Å². The van der Waals surface area contributed by atoms with Gasteiger partial charge in [0, 0.05) is 17.0 Å². The number of hydrogen-bond donors (Lipinski definition) is 2. The molecule has 0 amide bonds. The summed E-state index contributed by atoms with van der Waals surface area (Å²) in [5, 5.41) is 4.34. The summed E-state index contributed by atoms with van der Waals surface area (Å²) < 4.78 is 34.2. The summed E-state index contributed by atoms with van der Waals surface area (Å²) in [6.07, 6.45) is 5.87. The fourth-order valence-electron chi connectivity index (χ4n) is 4.13. The van der Waals surface area contributed by atoms with Crippen LogP contribution >= 0.6 is 11.6 Å². The van der Waals surface area contributed by atoms with Gasteiger partial charge < -0.3 is 9.73 Å². The van der Waals surface area contributed by atoms with E-state index in [9.17, 15) is 13.2 Å². The van der Waals surface area contributed by atoms with E-state index >= 15 is 0 Å². The Morgan fingerprint density at radius 3 is 2.55 bits per heavy atom. The smallest absolute Gasteiger partial charge is 0.363 e. The normalized spacial score (nSPS) is 15.2. The van der Waals surface area contributed by atoms with Crippen LogP contribution in [-0.2, 0) is 10.0 Å². The fraction of sp³-hybridized carbons (Fsp3) is 0.348. The average Bonchev–Trinajstić information content (AvgIpc) is 2.76. The molecule has 0 saturated heterocycles. The molecule has 1 saturated carbocycles. The summed E-state index contributed by atoms with van der Waals surface area (Å²) in [5.41, 5.74) is 0.404. The van der Waals surface area contributed by atoms with Crippen molar-refractivity contribution in [2.75, 3.05) is 16.6 Å². The first-order valence-electron chi connectivity index (χ1n) is 10.4. The molecule has 1 aliphatic rings. The van der Waals surface area contributed by atoms with Gasteiger partial charge in [-0.15, -0.1) is 0 Å². The third kappa shape index (κ3) is 4.57. The van der Waals surface area contributed by atoms with Crippen molar-refractivity contribution in [2.24, 2.45) is 5.92 Å². The van der Waals surface area contributed by atoms with E-state index in [0.717, 1.165) is 12.8 Å². The predicted octanol–water partition coefficient (Wildman–Crippen LogP) is 5.55. The minimum absolute atomic E-state index is 0.0192. The quantitative estimate of drug-likeness (QED) is 0.471. The van der Waals surface area contributed by atoms with Gasteiger partial charge in [-0.3, -0.25) is 4.72 Å². The lowest BCUT2D eigenvalue weighted by molar-refractivity contribution is 0.373. The summed E-state index contributed by atoms with van der Waals surface area (Å²) in [4.78, 5) is 12.8. The number of fused-ring (bicyclic) bond motifs is 1. The lowest BCUT2D eigenvalue weighted by Crippen LogP contribution is -2.23. The van der Waals surface area contributed by atoms with Gasteiger partial charge in [-0.25, -0.2) is 13.2 Å². The first kappa shape index (κ1) is 21.7. The Hall–Kier alpha value is -2.51. The van der Waals surface area contributed by atoms with Gasteiger partial charge in [0.2, 0.25) is 0 Å². The highest BCUT2D eigenvalue weighted by Crippen LogP contribution is 2.32. The van der Waals surface area contributed by atoms with Gasteiger partial charge in [0.25, 0.3) is 10.0 Å². The maximum atomic E-state index is 13.1. The first-order valence-corrected chi connectivity index (χ1v) is 12.3. The number of sulfonamides is 1. The van der Waals surface area contributed by atoms with Gasteiger partial charge in [0.05, 0.1) is 10.6 Å². The maximum absolute atomic E-state index is 13.1. The molecule has 164 valence electrons. The second-order valence-electron chi connectivity index (χ2n) is 7.99. The largest absolute Gasteiger partial charge is 0.421 e. The van der Waals surface area contributed by atoms with Crippen LogP contribution in [0, 0.1) is 12.8 Å². The molecule has 1 heterocycles. The Morgan fingerprint density at radius 1 is 1.03 bits per heavy atom. The zero-order valence-electron chi connectivity index (χ0n) is 17.3. The standard InChI is InChI=1S/C23H25ClN2O4S/c1-15-18(24)11-7-13-20(15)31(28,29)26-22-21(25-14-16-8-3-2-4-9-16)17-10-5-6-12-19(17)30-23(22)27/h5-7,10-13,16,25-26H,2-4,8-9,14H2,1H3. The van der Waals surface area contributed by atoms with E-state index in [1.165, 1.54) is 25.3 Å². The molecule has 1 aliphatic carbocycles. The van der Waals surface area contributed by atoms with Crippen LogP contribution in [0.5, 0.6) is 0 Å².